The molecule has 1 heterocycles. The summed E-state index contributed by atoms with van der Waals surface area (Å²) in [5, 5.41) is 12.5. The smallest absolute Gasteiger partial charge is 0.252 e. The van der Waals surface area contributed by atoms with E-state index in [0.717, 1.165) is 0 Å². The normalized spacial score (nSPS) is 12.1. The molecule has 0 aliphatic carbocycles. The minimum absolute atomic E-state index is 0.0103. The van der Waals surface area contributed by atoms with Crippen LogP contribution in [0.4, 0.5) is 4.39 Å². The van der Waals surface area contributed by atoms with Crippen molar-refractivity contribution in [2.45, 2.75) is 13.0 Å². The van der Waals surface area contributed by atoms with E-state index >= 15 is 0 Å². The largest absolute Gasteiger partial charge is 0.324 e. The van der Waals surface area contributed by atoms with Gasteiger partial charge in [-0.3, -0.25) is 0 Å². The summed E-state index contributed by atoms with van der Waals surface area (Å²) in [7, 11) is 0. The molecule has 0 unspecified atom stereocenters. The molecule has 0 aliphatic heterocycles. The number of aromatic nitrogens is 3. The fraction of sp³-hybridized carbons (Fsp3) is 0.182. The van der Waals surface area contributed by atoms with Crippen LogP contribution in [0.5, 0.6) is 0 Å². The van der Waals surface area contributed by atoms with E-state index in [2.05, 4.69) is 10.1 Å². The zero-order valence-corrected chi connectivity index (χ0v) is 9.13. The lowest BCUT2D eigenvalue weighted by molar-refractivity contribution is 0.602. The van der Waals surface area contributed by atoms with Crippen LogP contribution in [0.2, 0.25) is 0 Å². The van der Waals surface area contributed by atoms with Crippen molar-refractivity contribution in [1.29, 1.82) is 5.26 Å². The molecular formula is C11H10FN5. The van der Waals surface area contributed by atoms with Crippen LogP contribution in [0.25, 0.3) is 5.69 Å². The second-order valence-corrected chi connectivity index (χ2v) is 3.59. The zero-order valence-electron chi connectivity index (χ0n) is 9.13. The van der Waals surface area contributed by atoms with Gasteiger partial charge in [0.05, 0.1) is 0 Å². The second kappa shape index (κ2) is 4.31. The summed E-state index contributed by atoms with van der Waals surface area (Å²) in [5.74, 6) is -0.460. The Morgan fingerprint density at radius 2 is 2.29 bits per heavy atom. The summed E-state index contributed by atoms with van der Waals surface area (Å²) in [4.78, 5) is 3.74. The van der Waals surface area contributed by atoms with E-state index in [1.165, 1.54) is 17.1 Å². The maximum Gasteiger partial charge on any atom is 0.252 e. The predicted molar refractivity (Wildman–Crippen MR) is 58.6 cm³/mol. The average molecular weight is 231 g/mol. The van der Waals surface area contributed by atoms with Gasteiger partial charge in [-0.1, -0.05) is 12.1 Å². The summed E-state index contributed by atoms with van der Waals surface area (Å²) < 4.78 is 15.0. The first-order chi connectivity index (χ1) is 8.13. The van der Waals surface area contributed by atoms with Crippen molar-refractivity contribution in [2.24, 2.45) is 5.73 Å². The van der Waals surface area contributed by atoms with E-state index in [-0.39, 0.29) is 17.6 Å². The third-order valence-corrected chi connectivity index (χ3v) is 2.33. The molecule has 0 saturated carbocycles. The van der Waals surface area contributed by atoms with Gasteiger partial charge in [0.2, 0.25) is 0 Å². The number of nitrogens with zero attached hydrogens (tertiary/aromatic N) is 4. The molecule has 1 aromatic carbocycles. The molecule has 1 atom stereocenters. The highest BCUT2D eigenvalue weighted by atomic mass is 19.1. The molecule has 0 saturated heterocycles. The van der Waals surface area contributed by atoms with Gasteiger partial charge in [0, 0.05) is 6.04 Å². The molecule has 86 valence electrons. The summed E-state index contributed by atoms with van der Waals surface area (Å²) in [6.45, 7) is 1.75. The van der Waals surface area contributed by atoms with E-state index in [4.69, 9.17) is 11.0 Å². The van der Waals surface area contributed by atoms with E-state index in [1.54, 1.807) is 25.1 Å². The molecule has 5 nitrogen and oxygen atoms in total. The highest BCUT2D eigenvalue weighted by Crippen LogP contribution is 2.22. The van der Waals surface area contributed by atoms with E-state index < -0.39 is 5.82 Å². The van der Waals surface area contributed by atoms with E-state index in [0.29, 0.717) is 5.56 Å². The van der Waals surface area contributed by atoms with Crippen molar-refractivity contribution in [3.8, 4) is 11.8 Å². The van der Waals surface area contributed by atoms with Gasteiger partial charge < -0.3 is 5.73 Å². The molecule has 2 aromatic rings. The van der Waals surface area contributed by atoms with Crippen LogP contribution in [-0.2, 0) is 0 Å². The average Bonchev–Trinajstić information content (AvgIpc) is 2.76. The molecule has 1 aromatic heterocycles. The van der Waals surface area contributed by atoms with Gasteiger partial charge >= 0.3 is 0 Å². The number of rotatable bonds is 2. The summed E-state index contributed by atoms with van der Waals surface area (Å²) in [6.07, 6.45) is 1.29. The lowest BCUT2D eigenvalue weighted by Crippen LogP contribution is -2.12. The quantitative estimate of drug-likeness (QED) is 0.844. The van der Waals surface area contributed by atoms with Crippen LogP contribution in [0.3, 0.4) is 0 Å². The number of hydrogen-bond donors (Lipinski definition) is 1. The van der Waals surface area contributed by atoms with Crippen LogP contribution in [0.15, 0.2) is 24.5 Å². The number of nitriles is 1. The van der Waals surface area contributed by atoms with Gasteiger partial charge in [-0.25, -0.2) is 14.1 Å². The number of hydrogen-bond acceptors (Lipinski definition) is 4. The van der Waals surface area contributed by atoms with Crippen molar-refractivity contribution in [3.05, 3.63) is 41.7 Å². The van der Waals surface area contributed by atoms with Crippen LogP contribution in [0.1, 0.15) is 24.4 Å². The Bertz CT molecular complexity index is 582. The summed E-state index contributed by atoms with van der Waals surface area (Å²) in [5.41, 5.74) is 6.61. The minimum Gasteiger partial charge on any atom is -0.324 e. The lowest BCUT2D eigenvalue weighted by Gasteiger charge is -2.12. The molecular weight excluding hydrogens is 221 g/mol. The number of nitrogens with two attached hydrogens (primary N) is 1. The SMILES string of the molecule is C[C@@H](N)c1cccc(F)c1-n1cnc(C#N)n1. The van der Waals surface area contributed by atoms with E-state index in [1.807, 2.05) is 0 Å². The maximum absolute atomic E-state index is 13.8. The molecule has 0 radical (unpaired) electrons. The van der Waals surface area contributed by atoms with Gasteiger partial charge in [-0.05, 0) is 18.6 Å². The number of para-hydroxylation sites is 1. The maximum atomic E-state index is 13.8. The van der Waals surface area contributed by atoms with Gasteiger partial charge in [0.1, 0.15) is 23.9 Å². The van der Waals surface area contributed by atoms with Gasteiger partial charge in [0.25, 0.3) is 5.82 Å². The molecule has 6 heteroatoms. The number of halogens is 1. The van der Waals surface area contributed by atoms with Gasteiger partial charge in [-0.15, -0.1) is 5.10 Å². The van der Waals surface area contributed by atoms with Crippen LogP contribution >= 0.6 is 0 Å². The molecule has 0 aliphatic rings. The first kappa shape index (κ1) is 11.2. The third-order valence-electron chi connectivity index (χ3n) is 2.33. The van der Waals surface area contributed by atoms with Crippen molar-refractivity contribution < 1.29 is 4.39 Å². The Morgan fingerprint density at radius 1 is 1.53 bits per heavy atom. The number of benzene rings is 1. The first-order valence-electron chi connectivity index (χ1n) is 4.99. The highest BCUT2D eigenvalue weighted by molar-refractivity contribution is 5.43. The standard InChI is InChI=1S/C11H10FN5/c1-7(14)8-3-2-4-9(12)11(8)17-6-15-10(5-13)16-17/h2-4,6-7H,14H2,1H3/t7-/m1/s1. The molecule has 2 N–H and O–H groups in total. The van der Waals surface area contributed by atoms with Crippen LogP contribution in [0, 0.1) is 17.1 Å². The lowest BCUT2D eigenvalue weighted by atomic mass is 10.1. The summed E-state index contributed by atoms with van der Waals surface area (Å²) >= 11 is 0. The Kier molecular flexibility index (Phi) is 2.85. The Hall–Kier alpha value is -2.26. The Morgan fingerprint density at radius 3 is 2.88 bits per heavy atom. The third kappa shape index (κ3) is 2.00. The molecule has 0 amide bonds. The van der Waals surface area contributed by atoms with Crippen molar-refractivity contribution in [2.75, 3.05) is 0 Å². The van der Waals surface area contributed by atoms with Crippen LogP contribution < -0.4 is 5.73 Å². The molecule has 0 fully saturated rings. The first-order valence-corrected chi connectivity index (χ1v) is 4.99. The zero-order chi connectivity index (χ0) is 12.4. The molecule has 17 heavy (non-hydrogen) atoms. The fourth-order valence-corrected chi connectivity index (χ4v) is 1.56. The van der Waals surface area contributed by atoms with Crippen LogP contribution in [-0.4, -0.2) is 14.8 Å². The van der Waals surface area contributed by atoms with Crippen molar-refractivity contribution >= 4 is 0 Å². The molecule has 0 bridgehead atoms. The predicted octanol–water partition coefficient (Wildman–Crippen LogP) is 1.30. The summed E-state index contributed by atoms with van der Waals surface area (Å²) in [6, 6.07) is 6.07. The van der Waals surface area contributed by atoms with E-state index in [9.17, 15) is 4.39 Å². The van der Waals surface area contributed by atoms with Crippen molar-refractivity contribution in [1.82, 2.24) is 14.8 Å². The van der Waals surface area contributed by atoms with Gasteiger partial charge in [-0.2, -0.15) is 5.26 Å². The van der Waals surface area contributed by atoms with Crippen molar-refractivity contribution in [3.63, 3.8) is 0 Å². The molecule has 2 rings (SSSR count). The topological polar surface area (TPSA) is 80.5 Å². The second-order valence-electron chi connectivity index (χ2n) is 3.59. The Labute approximate surface area is 97.3 Å². The highest BCUT2D eigenvalue weighted by Gasteiger charge is 2.14. The van der Waals surface area contributed by atoms with Gasteiger partial charge in [0.15, 0.2) is 0 Å². The molecule has 0 spiro atoms. The Balaban J connectivity index is 2.62. The monoisotopic (exact) mass is 231 g/mol. The minimum atomic E-state index is -0.450. The fourth-order valence-electron chi connectivity index (χ4n) is 1.56.